The quantitative estimate of drug-likeness (QED) is 0.163. The fraction of sp³-hybridized carbons (Fsp3) is 0.0182. The lowest BCUT2D eigenvalue weighted by Gasteiger charge is -2.42. The lowest BCUT2D eigenvalue weighted by molar-refractivity contribution is 0.632. The van der Waals surface area contributed by atoms with Crippen LogP contribution >= 0.6 is 0 Å². The van der Waals surface area contributed by atoms with Gasteiger partial charge in [-0.25, -0.2) is 0 Å². The first-order valence-corrected chi connectivity index (χ1v) is 20.7. The van der Waals surface area contributed by atoms with Gasteiger partial charge in [-0.1, -0.05) is 139 Å². The topological polar surface area (TPSA) is 24.6 Å². The molecule has 2 aliphatic rings. The van der Waals surface area contributed by atoms with E-state index in [1.807, 2.05) is 0 Å². The third-order valence-corrected chi connectivity index (χ3v) is 12.8. The molecule has 0 amide bonds. The van der Waals surface area contributed by atoms with E-state index >= 15 is 0 Å². The monoisotopic (exact) mass is 765 g/mol. The molecule has 0 atom stereocenters. The molecule has 0 saturated carbocycles. The van der Waals surface area contributed by atoms with Crippen molar-refractivity contribution in [3.05, 3.63) is 206 Å². The van der Waals surface area contributed by atoms with Gasteiger partial charge >= 0.3 is 6.85 Å². The fourth-order valence-corrected chi connectivity index (χ4v) is 10.2. The minimum Gasteiger partial charge on any atom is -0.456 e. The zero-order valence-electron chi connectivity index (χ0n) is 32.9. The Balaban J connectivity index is 1.25. The predicted octanol–water partition coefficient (Wildman–Crippen LogP) is 13.4. The molecular formula is C55H36BN3O. The highest BCUT2D eigenvalue weighted by Gasteiger charge is 2.45. The van der Waals surface area contributed by atoms with Gasteiger partial charge in [-0.2, -0.15) is 0 Å². The molecule has 2 aliphatic heterocycles. The maximum atomic E-state index is 6.80. The second-order valence-corrected chi connectivity index (χ2v) is 16.2. The number of hydrogen-bond acceptors (Lipinski definition) is 3. The summed E-state index contributed by atoms with van der Waals surface area (Å²) in [6.07, 6.45) is 0. The molecule has 5 heteroatoms. The van der Waals surface area contributed by atoms with Crippen LogP contribution in [0, 0.1) is 6.92 Å². The van der Waals surface area contributed by atoms with Crippen LogP contribution in [0.25, 0.3) is 71.7 Å². The first kappa shape index (κ1) is 33.2. The lowest BCUT2D eigenvalue weighted by atomic mass is 9.44. The maximum Gasteiger partial charge on any atom is 0.333 e. The first-order valence-electron chi connectivity index (χ1n) is 20.7. The van der Waals surface area contributed by atoms with Gasteiger partial charge in [-0.3, -0.25) is 0 Å². The van der Waals surface area contributed by atoms with Gasteiger partial charge in [0.1, 0.15) is 11.3 Å². The summed E-state index contributed by atoms with van der Waals surface area (Å²) in [5.74, 6) is 0.868. The summed E-state index contributed by atoms with van der Waals surface area (Å²) in [5.41, 5.74) is 17.5. The van der Waals surface area contributed by atoms with Gasteiger partial charge in [0.05, 0.1) is 16.7 Å². The highest BCUT2D eigenvalue weighted by molar-refractivity contribution is 6.94. The summed E-state index contributed by atoms with van der Waals surface area (Å²) in [7, 11) is 0. The first-order chi connectivity index (χ1) is 29.7. The van der Waals surface area contributed by atoms with Crippen molar-refractivity contribution in [1.82, 2.24) is 4.57 Å². The van der Waals surface area contributed by atoms with Crippen LogP contribution in [0.2, 0.25) is 0 Å². The fourth-order valence-electron chi connectivity index (χ4n) is 10.2. The number of para-hydroxylation sites is 3. The van der Waals surface area contributed by atoms with Crippen LogP contribution in [0.3, 0.4) is 0 Å². The van der Waals surface area contributed by atoms with Gasteiger partial charge < -0.3 is 18.7 Å². The molecular weight excluding hydrogens is 729 g/mol. The van der Waals surface area contributed by atoms with Crippen LogP contribution in [0.15, 0.2) is 205 Å². The molecule has 0 spiro atoms. The van der Waals surface area contributed by atoms with Crippen molar-refractivity contribution < 1.29 is 4.42 Å². The van der Waals surface area contributed by atoms with Crippen molar-refractivity contribution in [2.24, 2.45) is 0 Å². The van der Waals surface area contributed by atoms with E-state index in [2.05, 4.69) is 221 Å². The summed E-state index contributed by atoms with van der Waals surface area (Å²) < 4.78 is 9.40. The number of anilines is 5. The third kappa shape index (κ3) is 4.69. The lowest BCUT2D eigenvalue weighted by Crippen LogP contribution is -2.60. The molecule has 0 saturated heterocycles. The minimum atomic E-state index is -0.149. The second kappa shape index (κ2) is 12.6. The van der Waals surface area contributed by atoms with Gasteiger partial charge in [-0.15, -0.1) is 0 Å². The maximum absolute atomic E-state index is 6.80. The zero-order chi connectivity index (χ0) is 39.5. The Bertz CT molecular complexity index is 3460. The summed E-state index contributed by atoms with van der Waals surface area (Å²) in [5, 5.41) is 5.98. The molecule has 2 aromatic heterocycles. The van der Waals surface area contributed by atoms with Gasteiger partial charge in [-0.05, 0) is 95.5 Å². The Hall–Kier alpha value is -7.76. The van der Waals surface area contributed by atoms with Crippen LogP contribution in [0.4, 0.5) is 28.4 Å². The largest absolute Gasteiger partial charge is 0.456 e. The highest BCUT2D eigenvalue weighted by atomic mass is 16.3. The normalized spacial score (nSPS) is 12.7. The minimum absolute atomic E-state index is 0.149. The molecule has 4 heterocycles. The van der Waals surface area contributed by atoms with Crippen molar-refractivity contribution in [3.63, 3.8) is 0 Å². The average Bonchev–Trinajstić information content (AvgIpc) is 3.90. The molecule has 60 heavy (non-hydrogen) atoms. The van der Waals surface area contributed by atoms with Crippen molar-refractivity contribution in [2.75, 3.05) is 9.71 Å². The molecule has 4 nitrogen and oxygen atoms in total. The highest BCUT2D eigenvalue weighted by Crippen LogP contribution is 2.51. The van der Waals surface area contributed by atoms with Crippen LogP contribution in [0.1, 0.15) is 5.56 Å². The molecule has 0 aliphatic carbocycles. The zero-order valence-corrected chi connectivity index (χ0v) is 32.9. The SMILES string of the molecule is Cc1ccc(N2B3c4cc5oc(-c6ccccc6)cc5cc4-n4c5c3c(cc(N(c3ccccc3)c3ccccc3)c5c3ccc5ccccc5c34)-c3ccccc32)cc1. The van der Waals surface area contributed by atoms with Crippen LogP contribution < -0.4 is 20.6 Å². The number of furan rings is 1. The molecule has 0 radical (unpaired) electrons. The van der Waals surface area contributed by atoms with Crippen molar-refractivity contribution in [3.8, 4) is 28.1 Å². The number of hydrogen-bond donors (Lipinski definition) is 0. The van der Waals surface area contributed by atoms with Gasteiger partial charge in [0.2, 0.25) is 0 Å². The molecule has 0 N–H and O–H groups in total. The van der Waals surface area contributed by atoms with E-state index in [9.17, 15) is 0 Å². The van der Waals surface area contributed by atoms with Gasteiger partial charge in [0.25, 0.3) is 0 Å². The van der Waals surface area contributed by atoms with E-state index in [0.717, 1.165) is 45.0 Å². The summed E-state index contributed by atoms with van der Waals surface area (Å²) in [4.78, 5) is 5.03. The molecule has 280 valence electrons. The number of aryl methyl sites for hydroxylation is 1. The number of rotatable bonds is 5. The third-order valence-electron chi connectivity index (χ3n) is 12.8. The Kier molecular flexibility index (Phi) is 6.99. The Morgan fingerprint density at radius 1 is 0.517 bits per heavy atom. The number of benzene rings is 9. The Morgan fingerprint density at radius 3 is 1.97 bits per heavy atom. The molecule has 0 unspecified atom stereocenters. The average molecular weight is 766 g/mol. The van der Waals surface area contributed by atoms with Crippen molar-refractivity contribution in [1.29, 1.82) is 0 Å². The van der Waals surface area contributed by atoms with Crippen LogP contribution in [-0.2, 0) is 0 Å². The number of nitrogens with zero attached hydrogens (tertiary/aromatic N) is 3. The smallest absolute Gasteiger partial charge is 0.333 e. The van der Waals surface area contributed by atoms with E-state index < -0.39 is 0 Å². The van der Waals surface area contributed by atoms with Crippen LogP contribution in [0.5, 0.6) is 0 Å². The molecule has 11 aromatic rings. The van der Waals surface area contributed by atoms with Gasteiger partial charge in [0, 0.05) is 61.1 Å². The summed E-state index contributed by atoms with van der Waals surface area (Å²) >= 11 is 0. The molecule has 0 bridgehead atoms. The van der Waals surface area contributed by atoms with E-state index in [4.69, 9.17) is 4.42 Å². The molecule has 9 aromatic carbocycles. The standard InChI is InChI=1S/C55H36BN3O/c1-35-25-28-41(29-26-35)59-47-24-14-13-23-43(47)45-33-49(57(39-18-7-3-8-19-39)40-20-9-4-10-21-40)52-44-30-27-36-15-11-12-22-42(36)54(44)58-48-31-38-32-50(37-16-5-2-6-17-37)60-51(38)34-46(48)56(59)53(45)55(52)58/h2-34H,1H3. The second-order valence-electron chi connectivity index (χ2n) is 16.2. The number of aromatic nitrogens is 1. The van der Waals surface area contributed by atoms with E-state index in [1.165, 1.54) is 71.6 Å². The van der Waals surface area contributed by atoms with E-state index in [0.29, 0.717) is 0 Å². The Labute approximate surface area is 347 Å². The molecule has 0 fully saturated rings. The van der Waals surface area contributed by atoms with Crippen LogP contribution in [-0.4, -0.2) is 11.4 Å². The Morgan fingerprint density at radius 2 is 1.20 bits per heavy atom. The predicted molar refractivity (Wildman–Crippen MR) is 252 cm³/mol. The summed E-state index contributed by atoms with van der Waals surface area (Å²) in [6, 6.07) is 73.1. The van der Waals surface area contributed by atoms with Crippen molar-refractivity contribution in [2.45, 2.75) is 6.92 Å². The molecule has 13 rings (SSSR count). The van der Waals surface area contributed by atoms with Crippen molar-refractivity contribution >= 4 is 89.8 Å². The number of fused-ring (bicyclic) bond motifs is 11. The summed E-state index contributed by atoms with van der Waals surface area (Å²) in [6.45, 7) is 2.01. The van der Waals surface area contributed by atoms with Gasteiger partial charge in [0.15, 0.2) is 0 Å². The van der Waals surface area contributed by atoms with E-state index in [1.54, 1.807) is 0 Å². The van der Waals surface area contributed by atoms with E-state index in [-0.39, 0.29) is 6.85 Å².